The van der Waals surface area contributed by atoms with Gasteiger partial charge in [0, 0.05) is 12.1 Å². The standard InChI is InChI=1S/C17H13N3O3S/c1-11-5-2-3-8-14(11)18-17-19-16(21)15(24-17)10-12-6-4-7-13(9-12)20(22)23/h2-10H,1H3,(H,18,19,21). The maximum atomic E-state index is 12.1. The summed E-state index contributed by atoms with van der Waals surface area (Å²) in [5.41, 5.74) is 2.38. The number of nitro groups is 1. The summed E-state index contributed by atoms with van der Waals surface area (Å²) in [5.74, 6) is -0.265. The van der Waals surface area contributed by atoms with Crippen LogP contribution in [0, 0.1) is 17.0 Å². The van der Waals surface area contributed by atoms with E-state index in [2.05, 4.69) is 10.3 Å². The first-order valence-corrected chi connectivity index (χ1v) is 7.94. The van der Waals surface area contributed by atoms with Gasteiger partial charge in [-0.1, -0.05) is 30.3 Å². The number of nitro benzene ring substituents is 1. The van der Waals surface area contributed by atoms with Gasteiger partial charge in [0.25, 0.3) is 11.6 Å². The summed E-state index contributed by atoms with van der Waals surface area (Å²) in [7, 11) is 0. The minimum atomic E-state index is -0.463. The topological polar surface area (TPSA) is 84.6 Å². The zero-order chi connectivity index (χ0) is 17.1. The number of hydrogen-bond acceptors (Lipinski definition) is 5. The highest BCUT2D eigenvalue weighted by atomic mass is 32.2. The van der Waals surface area contributed by atoms with E-state index in [4.69, 9.17) is 0 Å². The molecule has 0 spiro atoms. The van der Waals surface area contributed by atoms with Crippen molar-refractivity contribution in [1.82, 2.24) is 5.32 Å². The molecule has 1 saturated heterocycles. The monoisotopic (exact) mass is 339 g/mol. The molecule has 0 aliphatic carbocycles. The first-order chi connectivity index (χ1) is 11.5. The lowest BCUT2D eigenvalue weighted by atomic mass is 10.2. The van der Waals surface area contributed by atoms with Crippen molar-refractivity contribution in [1.29, 1.82) is 0 Å². The number of nitrogens with zero attached hydrogens (tertiary/aromatic N) is 2. The van der Waals surface area contributed by atoms with Crippen LogP contribution >= 0.6 is 11.8 Å². The lowest BCUT2D eigenvalue weighted by Crippen LogP contribution is -2.19. The Hall–Kier alpha value is -2.93. The zero-order valence-corrected chi connectivity index (χ0v) is 13.5. The van der Waals surface area contributed by atoms with Gasteiger partial charge in [0.15, 0.2) is 5.17 Å². The summed E-state index contributed by atoms with van der Waals surface area (Å²) in [6.07, 6.45) is 1.62. The average Bonchev–Trinajstić information content (AvgIpc) is 2.89. The highest BCUT2D eigenvalue weighted by molar-refractivity contribution is 8.18. The maximum Gasteiger partial charge on any atom is 0.270 e. The normalized spacial score (nSPS) is 17.3. The fourth-order valence-electron chi connectivity index (χ4n) is 2.16. The Kier molecular flexibility index (Phi) is 4.43. The lowest BCUT2D eigenvalue weighted by molar-refractivity contribution is -0.384. The number of nitrogens with one attached hydrogen (secondary N) is 1. The van der Waals surface area contributed by atoms with Crippen molar-refractivity contribution in [2.45, 2.75) is 6.92 Å². The third kappa shape index (κ3) is 3.52. The van der Waals surface area contributed by atoms with E-state index < -0.39 is 4.92 Å². The number of amidine groups is 1. The van der Waals surface area contributed by atoms with Crippen LogP contribution in [0.1, 0.15) is 11.1 Å². The van der Waals surface area contributed by atoms with E-state index in [9.17, 15) is 14.9 Å². The van der Waals surface area contributed by atoms with Crippen molar-refractivity contribution in [2.75, 3.05) is 0 Å². The Labute approximate surface area is 142 Å². The molecule has 0 unspecified atom stereocenters. The Morgan fingerprint density at radius 1 is 1.21 bits per heavy atom. The van der Waals surface area contributed by atoms with Crippen molar-refractivity contribution in [3.05, 3.63) is 74.7 Å². The van der Waals surface area contributed by atoms with Gasteiger partial charge in [0.2, 0.25) is 0 Å². The molecule has 0 bridgehead atoms. The minimum absolute atomic E-state index is 0.0124. The van der Waals surface area contributed by atoms with Gasteiger partial charge in [-0.3, -0.25) is 14.9 Å². The van der Waals surface area contributed by atoms with Crippen LogP contribution in [0.5, 0.6) is 0 Å². The Bertz CT molecular complexity index is 890. The molecule has 1 aliphatic heterocycles. The second-order valence-electron chi connectivity index (χ2n) is 5.12. The van der Waals surface area contributed by atoms with E-state index in [1.165, 1.54) is 23.9 Å². The van der Waals surface area contributed by atoms with Gasteiger partial charge in [-0.05, 0) is 42.0 Å². The molecule has 7 heteroatoms. The highest BCUT2D eigenvalue weighted by Gasteiger charge is 2.24. The van der Waals surface area contributed by atoms with Gasteiger partial charge < -0.3 is 5.32 Å². The smallest absolute Gasteiger partial charge is 0.270 e. The zero-order valence-electron chi connectivity index (χ0n) is 12.7. The summed E-state index contributed by atoms with van der Waals surface area (Å²) < 4.78 is 0. The molecule has 1 amide bonds. The first-order valence-electron chi connectivity index (χ1n) is 7.12. The van der Waals surface area contributed by atoms with Crippen molar-refractivity contribution in [3.8, 4) is 0 Å². The largest absolute Gasteiger partial charge is 0.300 e. The fraction of sp³-hybridized carbons (Fsp3) is 0.0588. The molecule has 6 nitrogen and oxygen atoms in total. The molecule has 0 radical (unpaired) electrons. The number of aryl methyl sites for hydroxylation is 1. The van der Waals surface area contributed by atoms with Crippen LogP contribution < -0.4 is 5.32 Å². The first kappa shape index (κ1) is 15.9. The highest BCUT2D eigenvalue weighted by Crippen LogP contribution is 2.29. The van der Waals surface area contributed by atoms with Crippen LogP contribution in [0.4, 0.5) is 11.4 Å². The van der Waals surface area contributed by atoms with Crippen LogP contribution in [0.3, 0.4) is 0 Å². The summed E-state index contributed by atoms with van der Waals surface area (Å²) >= 11 is 1.21. The van der Waals surface area contributed by atoms with Gasteiger partial charge in [-0.25, -0.2) is 4.99 Å². The van der Waals surface area contributed by atoms with Gasteiger partial charge in [-0.2, -0.15) is 0 Å². The minimum Gasteiger partial charge on any atom is -0.300 e. The third-order valence-corrected chi connectivity index (χ3v) is 4.28. The Balaban J connectivity index is 1.86. The lowest BCUT2D eigenvalue weighted by Gasteiger charge is -1.99. The van der Waals surface area contributed by atoms with E-state index in [0.29, 0.717) is 15.6 Å². The summed E-state index contributed by atoms with van der Waals surface area (Å²) in [4.78, 5) is 27.3. The molecule has 0 saturated carbocycles. The predicted octanol–water partition coefficient (Wildman–Crippen LogP) is 3.79. The van der Waals surface area contributed by atoms with Crippen molar-refractivity contribution in [2.24, 2.45) is 4.99 Å². The summed E-state index contributed by atoms with van der Waals surface area (Å²) in [6.45, 7) is 1.95. The number of thioether (sulfide) groups is 1. The Morgan fingerprint density at radius 3 is 2.75 bits per heavy atom. The van der Waals surface area contributed by atoms with Gasteiger partial charge in [-0.15, -0.1) is 0 Å². The number of benzene rings is 2. The second-order valence-corrected chi connectivity index (χ2v) is 6.15. The molecular formula is C17H13N3O3S. The number of aliphatic imine (C=N–C) groups is 1. The summed E-state index contributed by atoms with van der Waals surface area (Å²) in [5, 5.41) is 14.0. The van der Waals surface area contributed by atoms with Gasteiger partial charge in [0.1, 0.15) is 0 Å². The number of hydrogen-bond donors (Lipinski definition) is 1. The van der Waals surface area contributed by atoms with E-state index in [1.807, 2.05) is 31.2 Å². The molecule has 0 atom stereocenters. The number of para-hydroxylation sites is 1. The molecule has 24 heavy (non-hydrogen) atoms. The molecule has 1 aliphatic rings. The SMILES string of the molecule is Cc1ccccc1N=C1NC(=O)C(=Cc2cccc([N+](=O)[O-])c2)S1. The van der Waals surface area contributed by atoms with Crippen LogP contribution in [0.25, 0.3) is 6.08 Å². The van der Waals surface area contributed by atoms with Crippen LogP contribution in [-0.4, -0.2) is 16.0 Å². The van der Waals surface area contributed by atoms with Crippen LogP contribution in [0.15, 0.2) is 58.4 Å². The average molecular weight is 339 g/mol. The number of carbonyl (C=O) groups is 1. The molecule has 2 aromatic carbocycles. The predicted molar refractivity (Wildman–Crippen MR) is 95.1 cm³/mol. The molecule has 120 valence electrons. The maximum absolute atomic E-state index is 12.1. The quantitative estimate of drug-likeness (QED) is 0.524. The van der Waals surface area contributed by atoms with Crippen LogP contribution in [-0.2, 0) is 4.79 Å². The number of carbonyl (C=O) groups excluding carboxylic acids is 1. The van der Waals surface area contributed by atoms with Crippen molar-refractivity contribution >= 4 is 40.3 Å². The van der Waals surface area contributed by atoms with E-state index in [-0.39, 0.29) is 11.6 Å². The van der Waals surface area contributed by atoms with Crippen molar-refractivity contribution < 1.29 is 9.72 Å². The number of non-ortho nitro benzene ring substituents is 1. The summed E-state index contributed by atoms with van der Waals surface area (Å²) in [6, 6.07) is 13.8. The number of amides is 1. The van der Waals surface area contributed by atoms with Crippen LogP contribution in [0.2, 0.25) is 0 Å². The van der Waals surface area contributed by atoms with Gasteiger partial charge in [0.05, 0.1) is 15.5 Å². The van der Waals surface area contributed by atoms with Crippen molar-refractivity contribution in [3.63, 3.8) is 0 Å². The molecule has 0 aromatic heterocycles. The Morgan fingerprint density at radius 2 is 2.00 bits per heavy atom. The molecule has 2 aromatic rings. The van der Waals surface area contributed by atoms with Gasteiger partial charge >= 0.3 is 0 Å². The molecule has 1 heterocycles. The second kappa shape index (κ2) is 6.67. The third-order valence-electron chi connectivity index (χ3n) is 3.37. The van der Waals surface area contributed by atoms with E-state index in [0.717, 1.165) is 11.3 Å². The van der Waals surface area contributed by atoms with E-state index >= 15 is 0 Å². The molecule has 1 fully saturated rings. The molecule has 1 N–H and O–H groups in total. The molecular weight excluding hydrogens is 326 g/mol. The molecule has 3 rings (SSSR count). The van der Waals surface area contributed by atoms with E-state index in [1.54, 1.807) is 18.2 Å². The number of rotatable bonds is 3. The fourth-order valence-corrected chi connectivity index (χ4v) is 2.99.